The van der Waals surface area contributed by atoms with E-state index in [9.17, 15) is 4.79 Å². The first-order valence-corrected chi connectivity index (χ1v) is 7.39. The van der Waals surface area contributed by atoms with Crippen LogP contribution in [-0.4, -0.2) is 43.6 Å². The Bertz CT molecular complexity index is 664. The summed E-state index contributed by atoms with van der Waals surface area (Å²) < 4.78 is 1.99. The largest absolute Gasteiger partial charge is 0.465 e. The van der Waals surface area contributed by atoms with Gasteiger partial charge in [0.15, 0.2) is 5.15 Å². The van der Waals surface area contributed by atoms with Crippen molar-refractivity contribution in [3.8, 4) is 0 Å². The number of nitrogens with zero attached hydrogens (tertiary/aromatic N) is 4. The van der Waals surface area contributed by atoms with Gasteiger partial charge >= 0.3 is 6.09 Å². The molecular formula is C14H17ClN4O2. The summed E-state index contributed by atoms with van der Waals surface area (Å²) in [5.74, 6) is 1.33. The summed E-state index contributed by atoms with van der Waals surface area (Å²) in [6.07, 6.45) is 8.02. The van der Waals surface area contributed by atoms with Crippen LogP contribution in [0.3, 0.4) is 0 Å². The summed E-state index contributed by atoms with van der Waals surface area (Å²) in [6, 6.07) is 0.107. The molecular weight excluding hydrogens is 292 g/mol. The molecule has 112 valence electrons. The van der Waals surface area contributed by atoms with Crippen LogP contribution in [0.4, 0.5) is 4.79 Å². The third-order valence-corrected chi connectivity index (χ3v) is 4.64. The maximum atomic E-state index is 11.0. The summed E-state index contributed by atoms with van der Waals surface area (Å²) >= 11 is 6.06. The van der Waals surface area contributed by atoms with Crippen LogP contribution in [-0.2, 0) is 0 Å². The fourth-order valence-electron chi connectivity index (χ4n) is 3.10. The van der Waals surface area contributed by atoms with E-state index in [1.807, 2.05) is 10.6 Å². The maximum absolute atomic E-state index is 11.0. The zero-order valence-electron chi connectivity index (χ0n) is 11.7. The smallest absolute Gasteiger partial charge is 0.407 e. The van der Waals surface area contributed by atoms with Crippen LogP contribution in [0.2, 0.25) is 5.15 Å². The Hall–Kier alpha value is -1.82. The van der Waals surface area contributed by atoms with E-state index in [4.69, 9.17) is 16.7 Å². The van der Waals surface area contributed by atoms with Crippen molar-refractivity contribution < 1.29 is 9.90 Å². The number of halogens is 1. The molecule has 2 heterocycles. The summed E-state index contributed by atoms with van der Waals surface area (Å²) in [4.78, 5) is 21.0. The average molecular weight is 309 g/mol. The van der Waals surface area contributed by atoms with E-state index in [-0.39, 0.29) is 6.04 Å². The van der Waals surface area contributed by atoms with Gasteiger partial charge in [0.05, 0.1) is 6.20 Å². The summed E-state index contributed by atoms with van der Waals surface area (Å²) in [5.41, 5.74) is 0.818. The highest BCUT2D eigenvalue weighted by Crippen LogP contribution is 2.34. The first kappa shape index (κ1) is 14.1. The monoisotopic (exact) mass is 308 g/mol. The second-order valence-corrected chi connectivity index (χ2v) is 5.85. The Kier molecular flexibility index (Phi) is 3.71. The van der Waals surface area contributed by atoms with Crippen molar-refractivity contribution in [3.05, 3.63) is 29.6 Å². The quantitative estimate of drug-likeness (QED) is 0.925. The van der Waals surface area contributed by atoms with E-state index < -0.39 is 6.09 Å². The van der Waals surface area contributed by atoms with Gasteiger partial charge in [-0.05, 0) is 25.7 Å². The molecule has 21 heavy (non-hydrogen) atoms. The average Bonchev–Trinajstić information content (AvgIpc) is 2.92. The zero-order chi connectivity index (χ0) is 15.0. The van der Waals surface area contributed by atoms with Crippen LogP contribution >= 0.6 is 11.6 Å². The van der Waals surface area contributed by atoms with Gasteiger partial charge in [-0.1, -0.05) is 11.6 Å². The van der Waals surface area contributed by atoms with Gasteiger partial charge < -0.3 is 10.0 Å². The van der Waals surface area contributed by atoms with Crippen LogP contribution in [0, 0.1) is 0 Å². The molecule has 7 heteroatoms. The van der Waals surface area contributed by atoms with Gasteiger partial charge in [0, 0.05) is 31.4 Å². The zero-order valence-corrected chi connectivity index (χ0v) is 12.5. The number of carbonyl (C=O) groups is 1. The molecule has 0 aliphatic heterocycles. The standard InChI is InChI=1S/C14H17ClN4O2/c1-18(14(20)21)10-4-2-9(3-5-10)13-17-8-11-12(15)16-6-7-19(11)13/h6-10H,2-5H2,1H3,(H,20,21). The number of carboxylic acid groups (broad SMARTS) is 1. The predicted octanol–water partition coefficient (Wildman–Crippen LogP) is 3.02. The number of imidazole rings is 1. The predicted molar refractivity (Wildman–Crippen MR) is 78.8 cm³/mol. The molecule has 1 aliphatic carbocycles. The first-order valence-electron chi connectivity index (χ1n) is 7.01. The Morgan fingerprint density at radius 3 is 2.76 bits per heavy atom. The van der Waals surface area contributed by atoms with Crippen LogP contribution < -0.4 is 0 Å². The molecule has 0 saturated heterocycles. The molecule has 1 fully saturated rings. The van der Waals surface area contributed by atoms with Gasteiger partial charge in [0.1, 0.15) is 11.3 Å². The molecule has 2 aromatic heterocycles. The van der Waals surface area contributed by atoms with E-state index in [1.54, 1.807) is 19.4 Å². The fraction of sp³-hybridized carbons (Fsp3) is 0.500. The maximum Gasteiger partial charge on any atom is 0.407 e. The molecule has 0 bridgehead atoms. The van der Waals surface area contributed by atoms with Crippen molar-refractivity contribution >= 4 is 23.2 Å². The first-order chi connectivity index (χ1) is 10.1. The lowest BCUT2D eigenvalue weighted by Gasteiger charge is -2.32. The third kappa shape index (κ3) is 2.55. The second kappa shape index (κ2) is 5.52. The molecule has 1 N–H and O–H groups in total. The van der Waals surface area contributed by atoms with Crippen molar-refractivity contribution in [2.45, 2.75) is 37.6 Å². The van der Waals surface area contributed by atoms with Crippen molar-refractivity contribution in [1.29, 1.82) is 0 Å². The number of hydrogen-bond donors (Lipinski definition) is 1. The summed E-state index contributed by atoms with van der Waals surface area (Å²) in [7, 11) is 1.64. The second-order valence-electron chi connectivity index (χ2n) is 5.49. The number of aromatic nitrogens is 3. The van der Waals surface area contributed by atoms with Crippen molar-refractivity contribution in [2.75, 3.05) is 7.05 Å². The lowest BCUT2D eigenvalue weighted by atomic mass is 9.85. The molecule has 6 nitrogen and oxygen atoms in total. The van der Waals surface area contributed by atoms with Crippen LogP contribution in [0.5, 0.6) is 0 Å². The van der Waals surface area contributed by atoms with Gasteiger partial charge in [0.25, 0.3) is 0 Å². The number of amides is 1. The highest BCUT2D eigenvalue weighted by atomic mass is 35.5. The Labute approximate surface area is 127 Å². The lowest BCUT2D eigenvalue weighted by molar-refractivity contribution is 0.123. The van der Waals surface area contributed by atoms with Gasteiger partial charge in [-0.15, -0.1) is 0 Å². The Morgan fingerprint density at radius 1 is 1.38 bits per heavy atom. The Morgan fingerprint density at radius 2 is 2.10 bits per heavy atom. The minimum Gasteiger partial charge on any atom is -0.465 e. The molecule has 0 aromatic carbocycles. The lowest BCUT2D eigenvalue weighted by Crippen LogP contribution is -2.38. The number of rotatable bonds is 2. The van der Waals surface area contributed by atoms with Crippen molar-refractivity contribution in [1.82, 2.24) is 19.3 Å². The van der Waals surface area contributed by atoms with Crippen molar-refractivity contribution in [3.63, 3.8) is 0 Å². The van der Waals surface area contributed by atoms with E-state index in [2.05, 4.69) is 9.97 Å². The molecule has 0 atom stereocenters. The molecule has 0 unspecified atom stereocenters. The topological polar surface area (TPSA) is 70.7 Å². The van der Waals surface area contributed by atoms with Gasteiger partial charge in [-0.3, -0.25) is 4.40 Å². The third-order valence-electron chi connectivity index (χ3n) is 4.35. The molecule has 1 amide bonds. The van der Waals surface area contributed by atoms with Crippen LogP contribution in [0.15, 0.2) is 18.6 Å². The van der Waals surface area contributed by atoms with E-state index >= 15 is 0 Å². The van der Waals surface area contributed by atoms with Gasteiger partial charge in [0.2, 0.25) is 0 Å². The van der Waals surface area contributed by atoms with E-state index in [0.717, 1.165) is 37.0 Å². The number of hydrogen-bond acceptors (Lipinski definition) is 3. The van der Waals surface area contributed by atoms with E-state index in [1.165, 1.54) is 4.90 Å². The molecule has 0 radical (unpaired) electrons. The molecule has 1 saturated carbocycles. The summed E-state index contributed by atoms with van der Waals surface area (Å²) in [5, 5.41) is 9.50. The van der Waals surface area contributed by atoms with Gasteiger partial charge in [-0.25, -0.2) is 14.8 Å². The normalized spacial score (nSPS) is 22.4. The molecule has 0 spiro atoms. The highest BCUT2D eigenvalue weighted by Gasteiger charge is 2.29. The van der Waals surface area contributed by atoms with Crippen LogP contribution in [0.25, 0.3) is 5.52 Å². The Balaban J connectivity index is 1.77. The highest BCUT2D eigenvalue weighted by molar-refractivity contribution is 6.32. The molecule has 2 aromatic rings. The van der Waals surface area contributed by atoms with Gasteiger partial charge in [-0.2, -0.15) is 0 Å². The minimum absolute atomic E-state index is 0.107. The fourth-order valence-corrected chi connectivity index (χ4v) is 3.29. The molecule has 3 rings (SSSR count). The number of fused-ring (bicyclic) bond motifs is 1. The summed E-state index contributed by atoms with van der Waals surface area (Å²) in [6.45, 7) is 0. The van der Waals surface area contributed by atoms with Crippen molar-refractivity contribution in [2.24, 2.45) is 0 Å². The molecule has 1 aliphatic rings. The SMILES string of the molecule is CN(C(=O)O)C1CCC(c2ncc3c(Cl)nccn23)CC1. The van der Waals surface area contributed by atoms with Crippen LogP contribution in [0.1, 0.15) is 37.4 Å². The van der Waals surface area contributed by atoms with E-state index in [0.29, 0.717) is 11.1 Å². The minimum atomic E-state index is -0.859.